The van der Waals surface area contributed by atoms with Crippen molar-refractivity contribution in [1.82, 2.24) is 0 Å². The number of rotatable bonds is 4. The molecule has 1 heterocycles. The van der Waals surface area contributed by atoms with Crippen molar-refractivity contribution in [3.05, 3.63) is 0 Å². The van der Waals surface area contributed by atoms with Crippen LogP contribution in [0.1, 0.15) is 6.42 Å². The van der Waals surface area contributed by atoms with Crippen LogP contribution in [0.25, 0.3) is 0 Å². The summed E-state index contributed by atoms with van der Waals surface area (Å²) in [5.74, 6) is -0.740. The Kier molecular flexibility index (Phi) is 6.30. The lowest BCUT2D eigenvalue weighted by atomic mass is 9.81. The maximum absolute atomic E-state index is 10.0. The molecular formula is C13H24O10. The van der Waals surface area contributed by atoms with Crippen LogP contribution in [0.15, 0.2) is 0 Å². The summed E-state index contributed by atoms with van der Waals surface area (Å²) in [6.45, 7) is -1.09. The molecule has 8 N–H and O–H groups in total. The maximum atomic E-state index is 10.0. The Morgan fingerprint density at radius 1 is 0.783 bits per heavy atom. The summed E-state index contributed by atoms with van der Waals surface area (Å²) in [6.07, 6.45) is -13.1. The highest BCUT2D eigenvalue weighted by Gasteiger charge is 2.49. The molecule has 10 heteroatoms. The van der Waals surface area contributed by atoms with Crippen LogP contribution in [0.3, 0.4) is 0 Å². The average molecular weight is 340 g/mol. The predicted octanol–water partition coefficient (Wildman–Crippen LogP) is -4.73. The van der Waals surface area contributed by atoms with E-state index in [1.807, 2.05) is 0 Å². The van der Waals surface area contributed by atoms with Crippen LogP contribution in [0.4, 0.5) is 0 Å². The first-order chi connectivity index (χ1) is 10.8. The third-order valence-corrected chi connectivity index (χ3v) is 4.46. The summed E-state index contributed by atoms with van der Waals surface area (Å²) >= 11 is 0. The first-order valence-electron chi connectivity index (χ1n) is 7.42. The number of hydrogen-bond acceptors (Lipinski definition) is 10. The van der Waals surface area contributed by atoms with Gasteiger partial charge in [0.05, 0.1) is 18.8 Å². The van der Waals surface area contributed by atoms with Gasteiger partial charge in [0.1, 0.15) is 36.6 Å². The topological polar surface area (TPSA) is 180 Å². The van der Waals surface area contributed by atoms with Crippen molar-refractivity contribution in [3.63, 3.8) is 0 Å². The molecule has 1 saturated carbocycles. The van der Waals surface area contributed by atoms with Crippen molar-refractivity contribution in [1.29, 1.82) is 0 Å². The van der Waals surface area contributed by atoms with E-state index in [9.17, 15) is 35.7 Å². The second-order valence-corrected chi connectivity index (χ2v) is 6.02. The zero-order chi connectivity index (χ0) is 17.3. The van der Waals surface area contributed by atoms with Crippen molar-refractivity contribution in [3.8, 4) is 0 Å². The molecule has 2 fully saturated rings. The Morgan fingerprint density at radius 2 is 1.43 bits per heavy atom. The Morgan fingerprint density at radius 3 is 2.00 bits per heavy atom. The second-order valence-electron chi connectivity index (χ2n) is 6.02. The number of aliphatic hydroxyl groups is 8. The lowest BCUT2D eigenvalue weighted by Crippen LogP contribution is -2.62. The molecule has 0 bridgehead atoms. The maximum Gasteiger partial charge on any atom is 0.187 e. The molecule has 4 unspecified atom stereocenters. The van der Waals surface area contributed by atoms with Gasteiger partial charge in [0.2, 0.25) is 0 Å². The Bertz CT molecular complexity index is 378. The third kappa shape index (κ3) is 3.66. The summed E-state index contributed by atoms with van der Waals surface area (Å²) in [5, 5.41) is 77.2. The highest BCUT2D eigenvalue weighted by molar-refractivity contribution is 4.95. The van der Waals surface area contributed by atoms with Crippen LogP contribution in [0.5, 0.6) is 0 Å². The SMILES string of the molecule is OCC1O[C@@H](O[C@H]2C(CO)C[C@H](O)C(O)[C@@H]2O)C(O)[C@H](O)[C@H]1O. The lowest BCUT2D eigenvalue weighted by Gasteiger charge is -2.45. The predicted molar refractivity (Wildman–Crippen MR) is 71.9 cm³/mol. The molecule has 0 spiro atoms. The van der Waals surface area contributed by atoms with Gasteiger partial charge >= 0.3 is 0 Å². The van der Waals surface area contributed by atoms with Crippen molar-refractivity contribution < 1.29 is 50.3 Å². The van der Waals surface area contributed by atoms with E-state index < -0.39 is 74.3 Å². The average Bonchev–Trinajstić information content (AvgIpc) is 2.55. The van der Waals surface area contributed by atoms with Gasteiger partial charge in [-0.15, -0.1) is 0 Å². The number of aliphatic hydroxyl groups excluding tert-OH is 8. The first kappa shape index (κ1) is 18.9. The fourth-order valence-corrected chi connectivity index (χ4v) is 2.99. The van der Waals surface area contributed by atoms with Gasteiger partial charge < -0.3 is 50.3 Å². The monoisotopic (exact) mass is 340 g/mol. The molecule has 0 radical (unpaired) electrons. The van der Waals surface area contributed by atoms with Crippen LogP contribution in [0, 0.1) is 5.92 Å². The van der Waals surface area contributed by atoms with Crippen LogP contribution < -0.4 is 0 Å². The molecule has 1 aliphatic carbocycles. The lowest BCUT2D eigenvalue weighted by molar-refractivity contribution is -0.330. The molecule has 0 amide bonds. The minimum atomic E-state index is -1.66. The standard InChI is InChI=1S/C13H24O10/c14-2-4-1-5(16)7(17)10(20)12(4)23-13-11(21)9(19)8(18)6(3-15)22-13/h4-21H,1-3H2/t4?,5-,6?,7?,8-,9+,10-,11?,12-,13-/m0/s1. The molecule has 0 aromatic rings. The van der Waals surface area contributed by atoms with Gasteiger partial charge in [-0.1, -0.05) is 0 Å². The van der Waals surface area contributed by atoms with E-state index in [-0.39, 0.29) is 6.42 Å². The van der Waals surface area contributed by atoms with E-state index in [0.29, 0.717) is 0 Å². The largest absolute Gasteiger partial charge is 0.396 e. The number of ether oxygens (including phenoxy) is 2. The van der Waals surface area contributed by atoms with Crippen LogP contribution >= 0.6 is 0 Å². The van der Waals surface area contributed by atoms with Crippen molar-refractivity contribution in [2.24, 2.45) is 5.92 Å². The molecule has 136 valence electrons. The fraction of sp³-hybridized carbons (Fsp3) is 1.00. The van der Waals surface area contributed by atoms with E-state index >= 15 is 0 Å². The Hall–Kier alpha value is -0.400. The van der Waals surface area contributed by atoms with Gasteiger partial charge in [-0.3, -0.25) is 0 Å². The normalized spacial score (nSPS) is 51.7. The molecule has 2 rings (SSSR count). The molecule has 10 nitrogen and oxygen atoms in total. The molecule has 0 aromatic heterocycles. The molecule has 0 aromatic carbocycles. The van der Waals surface area contributed by atoms with E-state index in [2.05, 4.69) is 0 Å². The molecular weight excluding hydrogens is 316 g/mol. The van der Waals surface area contributed by atoms with Gasteiger partial charge in [0, 0.05) is 12.5 Å². The second kappa shape index (κ2) is 7.66. The Balaban J connectivity index is 2.11. The molecule has 23 heavy (non-hydrogen) atoms. The zero-order valence-corrected chi connectivity index (χ0v) is 12.3. The van der Waals surface area contributed by atoms with Crippen molar-refractivity contribution in [2.75, 3.05) is 13.2 Å². The summed E-state index contributed by atoms with van der Waals surface area (Å²) < 4.78 is 10.6. The van der Waals surface area contributed by atoms with Gasteiger partial charge in [-0.05, 0) is 6.42 Å². The van der Waals surface area contributed by atoms with Crippen molar-refractivity contribution in [2.45, 2.75) is 61.5 Å². The highest BCUT2D eigenvalue weighted by Crippen LogP contribution is 2.31. The first-order valence-corrected chi connectivity index (χ1v) is 7.42. The Labute approximate surface area is 132 Å². The summed E-state index contributed by atoms with van der Waals surface area (Å²) in [7, 11) is 0. The van der Waals surface area contributed by atoms with Gasteiger partial charge in [-0.2, -0.15) is 0 Å². The molecule has 2 aliphatic rings. The molecule has 1 saturated heterocycles. The van der Waals surface area contributed by atoms with Gasteiger partial charge in [0.15, 0.2) is 6.29 Å². The summed E-state index contributed by atoms with van der Waals surface area (Å²) in [5.41, 5.74) is 0. The molecule has 10 atom stereocenters. The van der Waals surface area contributed by atoms with Crippen LogP contribution in [-0.2, 0) is 9.47 Å². The van der Waals surface area contributed by atoms with Crippen molar-refractivity contribution >= 4 is 0 Å². The van der Waals surface area contributed by atoms with E-state index in [1.165, 1.54) is 0 Å². The fourth-order valence-electron chi connectivity index (χ4n) is 2.99. The minimum Gasteiger partial charge on any atom is -0.396 e. The number of hydrogen-bond donors (Lipinski definition) is 8. The summed E-state index contributed by atoms with van der Waals surface area (Å²) in [4.78, 5) is 0. The highest BCUT2D eigenvalue weighted by atomic mass is 16.7. The van der Waals surface area contributed by atoms with E-state index in [1.54, 1.807) is 0 Å². The summed E-state index contributed by atoms with van der Waals surface area (Å²) in [6, 6.07) is 0. The quantitative estimate of drug-likeness (QED) is 0.247. The van der Waals surface area contributed by atoms with Gasteiger partial charge in [-0.25, -0.2) is 0 Å². The van der Waals surface area contributed by atoms with E-state index in [4.69, 9.17) is 14.6 Å². The zero-order valence-electron chi connectivity index (χ0n) is 12.3. The van der Waals surface area contributed by atoms with Gasteiger partial charge in [0.25, 0.3) is 0 Å². The third-order valence-electron chi connectivity index (χ3n) is 4.46. The van der Waals surface area contributed by atoms with E-state index in [0.717, 1.165) is 0 Å². The molecule has 1 aliphatic heterocycles. The van der Waals surface area contributed by atoms with Crippen LogP contribution in [-0.4, -0.2) is 109 Å². The smallest absolute Gasteiger partial charge is 0.187 e. The van der Waals surface area contributed by atoms with Crippen LogP contribution in [0.2, 0.25) is 0 Å². The minimum absolute atomic E-state index is 0.0448.